The molecule has 88 valence electrons. The summed E-state index contributed by atoms with van der Waals surface area (Å²) < 4.78 is 0. The highest BCUT2D eigenvalue weighted by atomic mass is 16.4. The molecule has 2 fully saturated rings. The van der Waals surface area contributed by atoms with Crippen LogP contribution in [0.1, 0.15) is 32.1 Å². The molecule has 2 rings (SSSR count). The van der Waals surface area contributed by atoms with Gasteiger partial charge in [-0.25, -0.2) is 4.79 Å². The van der Waals surface area contributed by atoms with Gasteiger partial charge in [-0.05, 0) is 25.7 Å². The van der Waals surface area contributed by atoms with Crippen LogP contribution >= 0.6 is 0 Å². The second kappa shape index (κ2) is 4.11. The van der Waals surface area contributed by atoms with Gasteiger partial charge in [0.25, 0.3) is 5.91 Å². The van der Waals surface area contributed by atoms with Gasteiger partial charge in [-0.15, -0.1) is 0 Å². The quantitative estimate of drug-likeness (QED) is 0.676. The lowest BCUT2D eigenvalue weighted by molar-refractivity contribution is -0.137. The van der Waals surface area contributed by atoms with Gasteiger partial charge in [0.2, 0.25) is 0 Å². The first kappa shape index (κ1) is 10.9. The predicted octanol–water partition coefficient (Wildman–Crippen LogP) is 0.324. The van der Waals surface area contributed by atoms with E-state index >= 15 is 0 Å². The number of carboxylic acids is 1. The first-order valence-corrected chi connectivity index (χ1v) is 5.45. The molecule has 0 aromatic rings. The van der Waals surface area contributed by atoms with E-state index in [1.54, 1.807) is 0 Å². The third kappa shape index (κ3) is 1.87. The normalized spacial score (nSPS) is 25.5. The summed E-state index contributed by atoms with van der Waals surface area (Å²) in [5.41, 5.74) is 0. The maximum atomic E-state index is 11.8. The summed E-state index contributed by atoms with van der Waals surface area (Å²) in [6.45, 7) is 0. The fraction of sp³-hybridized carbons (Fsp3) is 0.700. The van der Waals surface area contributed by atoms with Crippen molar-refractivity contribution in [3.63, 3.8) is 0 Å². The number of urea groups is 1. The monoisotopic (exact) mass is 226 g/mol. The number of imide groups is 1. The number of aliphatic carboxylic acids is 1. The fourth-order valence-corrected chi connectivity index (χ4v) is 2.00. The maximum Gasteiger partial charge on any atom is 0.325 e. The number of nitrogens with zero attached hydrogens (tertiary/aromatic N) is 1. The van der Waals surface area contributed by atoms with Gasteiger partial charge in [-0.1, -0.05) is 0 Å². The molecule has 0 aromatic heterocycles. The predicted molar refractivity (Wildman–Crippen MR) is 53.7 cm³/mol. The molecule has 1 unspecified atom stereocenters. The average Bonchev–Trinajstić information content (AvgIpc) is 2.40. The molecule has 1 saturated heterocycles. The molecule has 2 N–H and O–H groups in total. The van der Waals surface area contributed by atoms with Crippen LogP contribution in [0.5, 0.6) is 0 Å². The van der Waals surface area contributed by atoms with E-state index in [2.05, 4.69) is 5.32 Å². The van der Waals surface area contributed by atoms with Gasteiger partial charge in [-0.3, -0.25) is 14.5 Å². The Labute approximate surface area is 92.6 Å². The molecule has 0 spiro atoms. The van der Waals surface area contributed by atoms with E-state index in [0.29, 0.717) is 0 Å². The van der Waals surface area contributed by atoms with Crippen LogP contribution in [0.3, 0.4) is 0 Å². The molecule has 2 aliphatic rings. The number of carbonyl (C=O) groups excluding carboxylic acids is 2. The molecule has 0 bridgehead atoms. The highest BCUT2D eigenvalue weighted by Crippen LogP contribution is 2.28. The third-order valence-electron chi connectivity index (χ3n) is 3.14. The Bertz CT molecular complexity index is 338. The first-order valence-electron chi connectivity index (χ1n) is 5.45. The van der Waals surface area contributed by atoms with Gasteiger partial charge in [0.15, 0.2) is 0 Å². The molecular weight excluding hydrogens is 212 g/mol. The van der Waals surface area contributed by atoms with Gasteiger partial charge >= 0.3 is 12.0 Å². The molecule has 0 radical (unpaired) electrons. The zero-order chi connectivity index (χ0) is 11.7. The number of carboxylic acid groups (broad SMARTS) is 1. The smallest absolute Gasteiger partial charge is 0.325 e. The van der Waals surface area contributed by atoms with Gasteiger partial charge in [-0.2, -0.15) is 0 Å². The Morgan fingerprint density at radius 1 is 1.44 bits per heavy atom. The van der Waals surface area contributed by atoms with Crippen LogP contribution in [-0.2, 0) is 9.59 Å². The van der Waals surface area contributed by atoms with Crippen molar-refractivity contribution in [3.8, 4) is 0 Å². The van der Waals surface area contributed by atoms with E-state index in [1.807, 2.05) is 0 Å². The highest BCUT2D eigenvalue weighted by Gasteiger charge is 2.43. The number of hydrogen-bond acceptors (Lipinski definition) is 3. The van der Waals surface area contributed by atoms with E-state index in [-0.39, 0.29) is 30.8 Å². The Hall–Kier alpha value is -1.59. The van der Waals surface area contributed by atoms with E-state index in [1.165, 1.54) is 4.90 Å². The average molecular weight is 226 g/mol. The Morgan fingerprint density at radius 2 is 2.12 bits per heavy atom. The molecule has 1 atom stereocenters. The first-order chi connectivity index (χ1) is 7.59. The van der Waals surface area contributed by atoms with Crippen molar-refractivity contribution in [1.82, 2.24) is 10.2 Å². The van der Waals surface area contributed by atoms with E-state index in [0.717, 1.165) is 19.3 Å². The minimum absolute atomic E-state index is 0.0299. The molecule has 1 aliphatic heterocycles. The Kier molecular flexibility index (Phi) is 2.80. The zero-order valence-corrected chi connectivity index (χ0v) is 8.81. The SMILES string of the molecule is O=C(O)CCC1NC(=O)N(C2CCC2)C1=O. The minimum Gasteiger partial charge on any atom is -0.481 e. The fourth-order valence-electron chi connectivity index (χ4n) is 2.00. The summed E-state index contributed by atoms with van der Waals surface area (Å²) in [4.78, 5) is 35.0. The summed E-state index contributed by atoms with van der Waals surface area (Å²) in [6, 6.07) is -0.989. The lowest BCUT2D eigenvalue weighted by Crippen LogP contribution is -2.44. The van der Waals surface area contributed by atoms with Crippen molar-refractivity contribution < 1.29 is 19.5 Å². The van der Waals surface area contributed by atoms with Gasteiger partial charge in [0.1, 0.15) is 6.04 Å². The molecule has 6 heteroatoms. The Balaban J connectivity index is 1.95. The number of rotatable bonds is 4. The summed E-state index contributed by atoms with van der Waals surface area (Å²) in [5.74, 6) is -1.22. The molecule has 3 amide bonds. The molecule has 6 nitrogen and oxygen atoms in total. The van der Waals surface area contributed by atoms with Crippen LogP contribution in [0.2, 0.25) is 0 Å². The zero-order valence-electron chi connectivity index (χ0n) is 8.81. The standard InChI is InChI=1S/C10H14N2O4/c13-8(14)5-4-7-9(15)12(10(16)11-7)6-2-1-3-6/h6-7H,1-5H2,(H,11,16)(H,13,14). The number of hydrogen-bond donors (Lipinski definition) is 2. The lowest BCUT2D eigenvalue weighted by atomic mass is 9.91. The van der Waals surface area contributed by atoms with Crippen LogP contribution in [0.25, 0.3) is 0 Å². The number of carbonyl (C=O) groups is 3. The molecule has 16 heavy (non-hydrogen) atoms. The van der Waals surface area contributed by atoms with Gasteiger partial charge in [0.05, 0.1) is 0 Å². The molecule has 1 aliphatic carbocycles. The molecule has 1 saturated carbocycles. The van der Waals surface area contributed by atoms with Crippen molar-refractivity contribution in [2.75, 3.05) is 0 Å². The maximum absolute atomic E-state index is 11.8. The van der Waals surface area contributed by atoms with Crippen molar-refractivity contribution in [1.29, 1.82) is 0 Å². The number of nitrogens with one attached hydrogen (secondary N) is 1. The second-order valence-corrected chi connectivity index (χ2v) is 4.23. The minimum atomic E-state index is -0.954. The summed E-state index contributed by atoms with van der Waals surface area (Å²) >= 11 is 0. The second-order valence-electron chi connectivity index (χ2n) is 4.23. The summed E-state index contributed by atoms with van der Waals surface area (Å²) in [7, 11) is 0. The van der Waals surface area contributed by atoms with Gasteiger partial charge < -0.3 is 10.4 Å². The van der Waals surface area contributed by atoms with Crippen LogP contribution in [0.15, 0.2) is 0 Å². The van der Waals surface area contributed by atoms with E-state index in [9.17, 15) is 14.4 Å². The third-order valence-corrected chi connectivity index (χ3v) is 3.14. The van der Waals surface area contributed by atoms with E-state index < -0.39 is 12.0 Å². The van der Waals surface area contributed by atoms with Crippen LogP contribution in [0, 0.1) is 0 Å². The Morgan fingerprint density at radius 3 is 2.62 bits per heavy atom. The topological polar surface area (TPSA) is 86.7 Å². The molecule has 1 heterocycles. The highest BCUT2D eigenvalue weighted by molar-refractivity contribution is 6.04. The summed E-state index contributed by atoms with van der Waals surface area (Å²) in [6.07, 6.45) is 2.84. The van der Waals surface area contributed by atoms with Crippen molar-refractivity contribution in [2.45, 2.75) is 44.2 Å². The number of amides is 3. The summed E-state index contributed by atoms with van der Waals surface area (Å²) in [5, 5.41) is 11.1. The van der Waals surface area contributed by atoms with Crippen molar-refractivity contribution >= 4 is 17.9 Å². The van der Waals surface area contributed by atoms with Gasteiger partial charge in [0, 0.05) is 12.5 Å². The lowest BCUT2D eigenvalue weighted by Gasteiger charge is -2.32. The van der Waals surface area contributed by atoms with Crippen LogP contribution < -0.4 is 5.32 Å². The van der Waals surface area contributed by atoms with Crippen LogP contribution in [0.4, 0.5) is 4.79 Å². The van der Waals surface area contributed by atoms with Crippen molar-refractivity contribution in [3.05, 3.63) is 0 Å². The molecule has 0 aromatic carbocycles. The largest absolute Gasteiger partial charge is 0.481 e. The van der Waals surface area contributed by atoms with E-state index in [4.69, 9.17) is 5.11 Å². The van der Waals surface area contributed by atoms with Crippen LogP contribution in [-0.4, -0.2) is 40.0 Å². The molecular formula is C10H14N2O4. The van der Waals surface area contributed by atoms with Crippen molar-refractivity contribution in [2.24, 2.45) is 0 Å².